The van der Waals surface area contributed by atoms with Gasteiger partial charge in [0.2, 0.25) is 0 Å². The van der Waals surface area contributed by atoms with Gasteiger partial charge in [0.25, 0.3) is 0 Å². The number of hydrogen-bond donors (Lipinski definition) is 1. The second-order valence-corrected chi connectivity index (χ2v) is 5.23. The van der Waals surface area contributed by atoms with Crippen LogP contribution >= 0.6 is 31.6 Å². The molecule has 0 aliphatic carbocycles. The largest absolute Gasteiger partial charge is 0.822 e. The van der Waals surface area contributed by atoms with Crippen LogP contribution in [0.5, 0.6) is 0 Å². The monoisotopic (exact) mass is 356 g/mol. The van der Waals surface area contributed by atoms with Gasteiger partial charge in [-0.3, -0.25) is 0 Å². The van der Waals surface area contributed by atoms with Crippen molar-refractivity contribution in [3.8, 4) is 0 Å². The van der Waals surface area contributed by atoms with Crippen molar-refractivity contribution in [1.29, 1.82) is 0 Å². The van der Waals surface area contributed by atoms with Crippen LogP contribution in [0, 0.1) is 0 Å². The number of halogens is 1. The van der Waals surface area contributed by atoms with Crippen LogP contribution in [0.15, 0.2) is 0 Å². The van der Waals surface area contributed by atoms with Crippen molar-refractivity contribution >= 4 is 31.6 Å². The fourth-order valence-electron chi connectivity index (χ4n) is 0.0945. The second-order valence-electron chi connectivity index (χ2n) is 2.88. The Kier molecular flexibility index (Phi) is 12.8. The molecule has 0 fully saturated rings. The minimum absolute atomic E-state index is 0.500. The minimum Gasteiger partial charge on any atom is -0.822 e. The Morgan fingerprint density at radius 2 is 1.24 bits per heavy atom. The average molecular weight is 357 g/mol. The summed E-state index contributed by atoms with van der Waals surface area (Å²) in [5.41, 5.74) is -0.500. The van der Waals surface area contributed by atoms with Gasteiger partial charge < -0.3 is 43.6 Å². The van der Waals surface area contributed by atoms with E-state index in [1.807, 2.05) is 13.8 Å². The summed E-state index contributed by atoms with van der Waals surface area (Å²) < 4.78 is 17.1. The van der Waals surface area contributed by atoms with Crippen LogP contribution in [-0.2, 0) is 9.13 Å². The van der Waals surface area contributed by atoms with E-state index in [-0.39, 0.29) is 0 Å². The fraction of sp³-hybridized carbons (Fsp3) is 1.00. The van der Waals surface area contributed by atoms with Gasteiger partial charge >= 0.3 is 0 Å². The van der Waals surface area contributed by atoms with Gasteiger partial charge in [-0.2, -0.15) is 15.6 Å². The van der Waals surface area contributed by atoms with E-state index in [0.717, 1.165) is 6.42 Å². The zero-order valence-corrected chi connectivity index (χ0v) is 12.3. The van der Waals surface area contributed by atoms with E-state index in [9.17, 15) is 0 Å². The van der Waals surface area contributed by atoms with Crippen molar-refractivity contribution in [1.82, 2.24) is 0 Å². The highest BCUT2D eigenvalue weighted by Crippen LogP contribution is 2.10. The Bertz CT molecular complexity index is 226. The summed E-state index contributed by atoms with van der Waals surface area (Å²) in [4.78, 5) is 51.3. The maximum atomic E-state index is 9.09. The summed E-state index contributed by atoms with van der Waals surface area (Å²) >= 11 is 3.18. The SMILES string of the molecule is CCC(C)(O)CBr.O=P([O-])([O-])[O-].O=P([O-])([O-])[O-]. The molecular weight excluding hydrogens is 346 g/mol. The molecule has 0 amide bonds. The lowest BCUT2D eigenvalue weighted by atomic mass is 10.1. The number of rotatable bonds is 2. The summed E-state index contributed by atoms with van der Waals surface area (Å²) in [7, 11) is -10.8. The number of hydrogen-bond acceptors (Lipinski definition) is 9. The van der Waals surface area contributed by atoms with Crippen LogP contribution < -0.4 is 29.4 Å². The normalized spacial score (nSPS) is 14.7. The molecule has 0 rings (SSSR count). The van der Waals surface area contributed by atoms with Gasteiger partial charge in [-0.15, -0.1) is 0 Å². The third-order valence-electron chi connectivity index (χ3n) is 1.05. The van der Waals surface area contributed by atoms with Crippen molar-refractivity contribution in [2.75, 3.05) is 5.33 Å². The minimum atomic E-state index is -5.39. The predicted molar refractivity (Wildman–Crippen MR) is 49.9 cm³/mol. The van der Waals surface area contributed by atoms with Crippen LogP contribution in [0.25, 0.3) is 0 Å². The van der Waals surface area contributed by atoms with Crippen LogP contribution in [0.1, 0.15) is 20.3 Å². The first-order chi connectivity index (χ1) is 7.12. The lowest BCUT2D eigenvalue weighted by molar-refractivity contribution is -0.434. The maximum Gasteiger partial charge on any atom is 0.0713 e. The summed E-state index contributed by atoms with van der Waals surface area (Å²) in [6.45, 7) is 3.77. The van der Waals surface area contributed by atoms with Gasteiger partial charge in [0.1, 0.15) is 0 Å². The van der Waals surface area contributed by atoms with E-state index in [0.29, 0.717) is 5.33 Å². The van der Waals surface area contributed by atoms with Gasteiger partial charge in [-0.25, -0.2) is 0 Å². The highest BCUT2D eigenvalue weighted by molar-refractivity contribution is 9.09. The van der Waals surface area contributed by atoms with Gasteiger partial charge in [-0.05, 0) is 13.3 Å². The molecule has 0 saturated heterocycles. The fourth-order valence-corrected chi connectivity index (χ4v) is 0.491. The molecule has 0 radical (unpaired) electrons. The third kappa shape index (κ3) is 80.7. The van der Waals surface area contributed by atoms with Gasteiger partial charge in [0, 0.05) is 5.33 Å². The van der Waals surface area contributed by atoms with E-state index in [4.69, 9.17) is 43.6 Å². The smallest absolute Gasteiger partial charge is 0.0713 e. The van der Waals surface area contributed by atoms with Gasteiger partial charge in [0.15, 0.2) is 0 Å². The Morgan fingerprint density at radius 1 is 1.06 bits per heavy atom. The van der Waals surface area contributed by atoms with Crippen molar-refractivity contribution in [3.05, 3.63) is 0 Å². The van der Waals surface area contributed by atoms with Crippen molar-refractivity contribution in [3.63, 3.8) is 0 Å². The Morgan fingerprint density at radius 3 is 1.24 bits per heavy atom. The first-order valence-corrected chi connectivity index (χ1v) is 7.91. The molecule has 108 valence electrons. The lowest BCUT2D eigenvalue weighted by Crippen LogP contribution is -2.24. The molecule has 0 heterocycles. The molecule has 0 aliphatic heterocycles. The second kappa shape index (κ2) is 9.57. The first-order valence-electron chi connectivity index (χ1n) is 3.87. The van der Waals surface area contributed by atoms with Crippen LogP contribution in [0.2, 0.25) is 0 Å². The van der Waals surface area contributed by atoms with E-state index in [1.165, 1.54) is 0 Å². The molecular formula is C5H11BrO9P2-6. The van der Waals surface area contributed by atoms with E-state index >= 15 is 0 Å². The van der Waals surface area contributed by atoms with Crippen LogP contribution in [-0.4, -0.2) is 16.0 Å². The van der Waals surface area contributed by atoms with Gasteiger partial charge in [-0.1, -0.05) is 22.9 Å². The number of phosphoric acid groups is 2. The van der Waals surface area contributed by atoms with E-state index in [2.05, 4.69) is 15.9 Å². The molecule has 9 nitrogen and oxygen atoms in total. The highest BCUT2D eigenvalue weighted by Gasteiger charge is 2.13. The van der Waals surface area contributed by atoms with Crippen LogP contribution in [0.3, 0.4) is 0 Å². The van der Waals surface area contributed by atoms with Crippen molar-refractivity contribution in [2.24, 2.45) is 0 Å². The molecule has 17 heavy (non-hydrogen) atoms. The zero-order chi connectivity index (χ0) is 14.9. The standard InChI is InChI=1S/C5H11BrO.2H3O4P/c1-3-5(2,7)4-6;2*1-5(2,3)4/h7H,3-4H2,1-2H3;2*(H3,1,2,3,4)/p-6. The summed E-state index contributed by atoms with van der Waals surface area (Å²) in [6.07, 6.45) is 0.804. The molecule has 0 saturated carbocycles. The molecule has 1 N–H and O–H groups in total. The summed E-state index contributed by atoms with van der Waals surface area (Å²) in [5, 5.41) is 9.75. The Hall–Kier alpha value is 0.660. The third-order valence-corrected chi connectivity index (χ3v) is 2.26. The topological polar surface area (TPSA) is 193 Å². The molecule has 1 unspecified atom stereocenters. The predicted octanol–water partition coefficient (Wildman–Crippen LogP) is -4.11. The van der Waals surface area contributed by atoms with E-state index in [1.54, 1.807) is 0 Å². The number of alkyl halides is 1. The summed E-state index contributed by atoms with van der Waals surface area (Å²) in [6, 6.07) is 0. The quantitative estimate of drug-likeness (QED) is 0.377. The molecule has 1 atom stereocenters. The highest BCUT2D eigenvalue weighted by atomic mass is 79.9. The first kappa shape index (κ1) is 22.8. The molecule has 0 aromatic rings. The lowest BCUT2D eigenvalue weighted by Gasteiger charge is -2.36. The maximum absolute atomic E-state index is 9.09. The van der Waals surface area contributed by atoms with Crippen molar-refractivity contribution in [2.45, 2.75) is 25.9 Å². The zero-order valence-electron chi connectivity index (χ0n) is 8.90. The van der Waals surface area contributed by atoms with Crippen molar-refractivity contribution < 1.29 is 43.6 Å². The Balaban J connectivity index is -0.000000177. The molecule has 0 bridgehead atoms. The average Bonchev–Trinajstić information content (AvgIpc) is 1.98. The Labute approximate surface area is 107 Å². The van der Waals surface area contributed by atoms with Gasteiger partial charge in [0.05, 0.1) is 5.60 Å². The van der Waals surface area contributed by atoms with E-state index < -0.39 is 21.2 Å². The molecule has 0 aromatic carbocycles. The molecule has 0 aliphatic rings. The molecule has 0 aromatic heterocycles. The number of aliphatic hydroxyl groups is 1. The summed E-state index contributed by atoms with van der Waals surface area (Å²) in [5.74, 6) is 0. The van der Waals surface area contributed by atoms with Crippen LogP contribution in [0.4, 0.5) is 0 Å². The molecule has 0 spiro atoms. The molecule has 12 heteroatoms.